The van der Waals surface area contributed by atoms with Gasteiger partial charge in [-0.05, 0) is 29.8 Å². The Balaban J connectivity index is 1.96. The van der Waals surface area contributed by atoms with Crippen LogP contribution in [0, 0.1) is 5.82 Å². The number of rotatable bonds is 7. The minimum absolute atomic E-state index is 0.00660. The lowest BCUT2D eigenvalue weighted by Gasteiger charge is -2.12. The van der Waals surface area contributed by atoms with Gasteiger partial charge in [-0.25, -0.2) is 9.07 Å². The molecule has 11 heteroatoms. The number of carbonyl (C=O) groups is 1. The van der Waals surface area contributed by atoms with Gasteiger partial charge in [-0.2, -0.15) is 13.5 Å². The third-order valence-corrected chi connectivity index (χ3v) is 5.67. The number of carbonyl (C=O) groups excluding carboxylic acids is 1. The Morgan fingerprint density at radius 1 is 1.29 bits per heavy atom. The Kier molecular flexibility index (Phi) is 6.71. The van der Waals surface area contributed by atoms with E-state index in [-0.39, 0.29) is 28.6 Å². The fraction of sp³-hybridized carbons (Fsp3) is 0.150. The first-order valence-electron chi connectivity index (χ1n) is 9.00. The highest BCUT2D eigenvalue weighted by molar-refractivity contribution is 7.90. The van der Waals surface area contributed by atoms with Gasteiger partial charge in [-0.1, -0.05) is 29.8 Å². The number of sulfonamides is 1. The van der Waals surface area contributed by atoms with Crippen molar-refractivity contribution in [3.8, 4) is 5.69 Å². The minimum Gasteiger partial charge on any atom is -0.368 e. The molecule has 3 rings (SSSR count). The van der Waals surface area contributed by atoms with E-state index in [0.29, 0.717) is 10.6 Å². The van der Waals surface area contributed by atoms with Gasteiger partial charge in [-0.3, -0.25) is 4.79 Å². The molecule has 8 nitrogen and oxygen atoms in total. The van der Waals surface area contributed by atoms with Crippen molar-refractivity contribution < 1.29 is 17.6 Å². The Morgan fingerprint density at radius 2 is 2.03 bits per heavy atom. The lowest BCUT2D eigenvalue weighted by Crippen LogP contribution is -2.16. The van der Waals surface area contributed by atoms with Crippen LogP contribution in [0.2, 0.25) is 5.02 Å². The van der Waals surface area contributed by atoms with Gasteiger partial charge in [0.25, 0.3) is 10.0 Å². The van der Waals surface area contributed by atoms with E-state index in [4.69, 9.17) is 11.6 Å². The van der Waals surface area contributed by atoms with Gasteiger partial charge in [0.1, 0.15) is 11.2 Å². The first-order valence-corrected chi connectivity index (χ1v) is 10.8. The molecule has 162 valence electrons. The fourth-order valence-corrected chi connectivity index (χ4v) is 3.98. The van der Waals surface area contributed by atoms with Crippen LogP contribution in [0.25, 0.3) is 5.69 Å². The molecule has 0 bridgehead atoms. The van der Waals surface area contributed by atoms with Crippen LogP contribution in [0.4, 0.5) is 10.1 Å². The number of amides is 1. The number of aromatic nitrogens is 2. The molecule has 2 aromatic carbocycles. The van der Waals surface area contributed by atoms with Crippen molar-refractivity contribution >= 4 is 39.6 Å². The molecule has 0 spiro atoms. The lowest BCUT2D eigenvalue weighted by atomic mass is 10.1. The van der Waals surface area contributed by atoms with Crippen LogP contribution in [0.5, 0.6) is 0 Å². The molecule has 0 fully saturated rings. The van der Waals surface area contributed by atoms with E-state index in [1.54, 1.807) is 38.4 Å². The standard InChI is InChI=1S/C20H19ClFN5O3S/c1-26(2)13-24-31(29,30)19-10-16(7-8-18(19)27-12-15(22)11-23-27)25-20(28)9-14-5-3-4-6-17(14)21/h3-8,10-13H,9H2,1-2H3,(H,25,28)/b24-13+. The molecular formula is C20H19ClFN5O3S. The van der Waals surface area contributed by atoms with Crippen LogP contribution in [-0.4, -0.2) is 49.4 Å². The van der Waals surface area contributed by atoms with E-state index in [1.165, 1.54) is 23.1 Å². The SMILES string of the molecule is CN(C)/C=N/S(=O)(=O)c1cc(NC(=O)Cc2ccccc2Cl)ccc1-n1cc(F)cn1. The maximum Gasteiger partial charge on any atom is 0.285 e. The molecule has 0 aliphatic rings. The molecule has 1 heterocycles. The van der Waals surface area contributed by atoms with Crippen LogP contribution in [0.1, 0.15) is 5.56 Å². The monoisotopic (exact) mass is 463 g/mol. The number of anilines is 1. The highest BCUT2D eigenvalue weighted by Gasteiger charge is 2.21. The summed E-state index contributed by atoms with van der Waals surface area (Å²) < 4.78 is 43.8. The summed E-state index contributed by atoms with van der Waals surface area (Å²) in [6.45, 7) is 0. The molecule has 0 aliphatic heterocycles. The smallest absolute Gasteiger partial charge is 0.285 e. The van der Waals surface area contributed by atoms with Crippen molar-refractivity contribution in [2.24, 2.45) is 4.40 Å². The number of nitrogens with one attached hydrogen (secondary N) is 1. The number of hydrogen-bond donors (Lipinski definition) is 1. The van der Waals surface area contributed by atoms with E-state index >= 15 is 0 Å². The average Bonchev–Trinajstić information content (AvgIpc) is 3.14. The van der Waals surface area contributed by atoms with Crippen molar-refractivity contribution in [1.29, 1.82) is 0 Å². The molecule has 0 saturated heterocycles. The summed E-state index contributed by atoms with van der Waals surface area (Å²) >= 11 is 6.09. The number of hydrogen-bond acceptors (Lipinski definition) is 4. The van der Waals surface area contributed by atoms with Crippen molar-refractivity contribution in [3.63, 3.8) is 0 Å². The zero-order valence-corrected chi connectivity index (χ0v) is 18.2. The normalized spacial score (nSPS) is 11.6. The van der Waals surface area contributed by atoms with Crippen LogP contribution in [-0.2, 0) is 21.2 Å². The number of nitrogens with zero attached hydrogens (tertiary/aromatic N) is 4. The Hall–Kier alpha value is -3.24. The fourth-order valence-electron chi connectivity index (χ4n) is 2.65. The summed E-state index contributed by atoms with van der Waals surface area (Å²) in [5.41, 5.74) is 0.949. The van der Waals surface area contributed by atoms with E-state index in [1.807, 2.05) is 0 Å². The predicted octanol–water partition coefficient (Wildman–Crippen LogP) is 3.12. The quantitative estimate of drug-likeness (QED) is 0.429. The number of benzene rings is 2. The molecule has 0 saturated carbocycles. The predicted molar refractivity (Wildman–Crippen MR) is 117 cm³/mol. The first kappa shape index (κ1) is 22.4. The maximum atomic E-state index is 13.4. The highest BCUT2D eigenvalue weighted by Crippen LogP contribution is 2.26. The molecule has 31 heavy (non-hydrogen) atoms. The van der Waals surface area contributed by atoms with Gasteiger partial charge in [-0.15, -0.1) is 4.40 Å². The zero-order chi connectivity index (χ0) is 22.6. The third-order valence-electron chi connectivity index (χ3n) is 4.05. The molecule has 3 aromatic rings. The summed E-state index contributed by atoms with van der Waals surface area (Å²) in [4.78, 5) is 13.7. The van der Waals surface area contributed by atoms with Crippen molar-refractivity contribution in [1.82, 2.24) is 14.7 Å². The first-order chi connectivity index (χ1) is 14.7. The van der Waals surface area contributed by atoms with Crippen molar-refractivity contribution in [3.05, 3.63) is 71.3 Å². The van der Waals surface area contributed by atoms with Gasteiger partial charge in [0, 0.05) is 24.8 Å². The Labute approximate surface area is 184 Å². The van der Waals surface area contributed by atoms with Crippen LogP contribution in [0.15, 0.2) is 64.2 Å². The van der Waals surface area contributed by atoms with Crippen LogP contribution >= 0.6 is 11.6 Å². The van der Waals surface area contributed by atoms with E-state index in [9.17, 15) is 17.6 Å². The number of halogens is 2. The molecular weight excluding hydrogens is 445 g/mol. The third kappa shape index (κ3) is 5.68. The maximum absolute atomic E-state index is 13.4. The van der Waals surface area contributed by atoms with Crippen LogP contribution in [0.3, 0.4) is 0 Å². The summed E-state index contributed by atoms with van der Waals surface area (Å²) in [6, 6.07) is 11.1. The second kappa shape index (κ2) is 9.27. The van der Waals surface area contributed by atoms with E-state index in [0.717, 1.165) is 23.4 Å². The van der Waals surface area contributed by atoms with Gasteiger partial charge < -0.3 is 10.2 Å². The van der Waals surface area contributed by atoms with Crippen molar-refractivity contribution in [2.45, 2.75) is 11.3 Å². The molecule has 0 aliphatic carbocycles. The van der Waals surface area contributed by atoms with Gasteiger partial charge >= 0.3 is 0 Å². The van der Waals surface area contributed by atoms with Gasteiger partial charge in [0.05, 0.1) is 24.5 Å². The Morgan fingerprint density at radius 3 is 2.68 bits per heavy atom. The lowest BCUT2D eigenvalue weighted by molar-refractivity contribution is -0.115. The molecule has 0 atom stereocenters. The second-order valence-electron chi connectivity index (χ2n) is 6.76. The molecule has 0 unspecified atom stereocenters. The van der Waals surface area contributed by atoms with E-state index in [2.05, 4.69) is 14.8 Å². The molecule has 1 aromatic heterocycles. The van der Waals surface area contributed by atoms with E-state index < -0.39 is 15.8 Å². The molecule has 1 N–H and O–H groups in total. The second-order valence-corrected chi connectivity index (χ2v) is 8.77. The Bertz CT molecular complexity index is 1240. The molecule has 0 radical (unpaired) electrons. The van der Waals surface area contributed by atoms with Crippen molar-refractivity contribution in [2.75, 3.05) is 19.4 Å². The summed E-state index contributed by atoms with van der Waals surface area (Å²) in [7, 11) is -0.938. The topological polar surface area (TPSA) is 96.7 Å². The van der Waals surface area contributed by atoms with Crippen LogP contribution < -0.4 is 5.32 Å². The summed E-state index contributed by atoms with van der Waals surface area (Å²) in [5.74, 6) is -1.01. The minimum atomic E-state index is -4.18. The van der Waals surface area contributed by atoms with Gasteiger partial charge in [0.15, 0.2) is 5.82 Å². The highest BCUT2D eigenvalue weighted by atomic mass is 35.5. The summed E-state index contributed by atoms with van der Waals surface area (Å²) in [5, 5.41) is 6.93. The van der Waals surface area contributed by atoms with Gasteiger partial charge in [0.2, 0.25) is 5.91 Å². The largest absolute Gasteiger partial charge is 0.368 e. The summed E-state index contributed by atoms with van der Waals surface area (Å²) in [6.07, 6.45) is 3.14. The molecule has 1 amide bonds. The average molecular weight is 464 g/mol. The zero-order valence-electron chi connectivity index (χ0n) is 16.7.